The van der Waals surface area contributed by atoms with Crippen molar-refractivity contribution in [3.05, 3.63) is 34.2 Å². The minimum atomic E-state index is -0.650. The van der Waals surface area contributed by atoms with Gasteiger partial charge < -0.3 is 30.2 Å². The summed E-state index contributed by atoms with van der Waals surface area (Å²) in [4.78, 5) is 12.0. The first-order valence-electron chi connectivity index (χ1n) is 7.30. The third kappa shape index (κ3) is 2.83. The van der Waals surface area contributed by atoms with Gasteiger partial charge in [0.1, 0.15) is 11.5 Å². The van der Waals surface area contributed by atoms with Gasteiger partial charge in [0.2, 0.25) is 11.2 Å². The second kappa shape index (κ2) is 5.85. The maximum Gasteiger partial charge on any atom is 0.227 e. The van der Waals surface area contributed by atoms with E-state index in [2.05, 4.69) is 5.32 Å². The summed E-state index contributed by atoms with van der Waals surface area (Å²) in [5.41, 5.74) is -0.683. The lowest BCUT2D eigenvalue weighted by Gasteiger charge is -2.22. The van der Waals surface area contributed by atoms with Gasteiger partial charge in [0, 0.05) is 18.1 Å². The average Bonchev–Trinajstić information content (AvgIpc) is 2.54. The Bertz CT molecular complexity index is 792. The van der Waals surface area contributed by atoms with Crippen LogP contribution in [0.4, 0.5) is 0 Å². The third-order valence-electron chi connectivity index (χ3n) is 4.02. The lowest BCUT2D eigenvalue weighted by molar-refractivity contribution is 0.364. The van der Waals surface area contributed by atoms with Crippen LogP contribution in [-0.2, 0) is 0 Å². The van der Waals surface area contributed by atoms with Crippen molar-refractivity contribution in [2.45, 2.75) is 18.8 Å². The van der Waals surface area contributed by atoms with Gasteiger partial charge in [-0.1, -0.05) is 0 Å². The van der Waals surface area contributed by atoms with Crippen molar-refractivity contribution < 1.29 is 24.8 Å². The molecular formula is C16H17NO6. The molecule has 0 amide bonds. The molecule has 1 aromatic heterocycles. The molecule has 0 unspecified atom stereocenters. The van der Waals surface area contributed by atoms with Crippen LogP contribution < -0.4 is 10.7 Å². The highest BCUT2D eigenvalue weighted by Gasteiger charge is 2.23. The Labute approximate surface area is 131 Å². The zero-order valence-corrected chi connectivity index (χ0v) is 12.2. The Kier molecular flexibility index (Phi) is 3.87. The SMILES string of the molecule is O=c1cc(C2CCNCC2)oc(-c2cc(O)c(O)cc2O)c1O. The molecule has 0 saturated carbocycles. The molecule has 122 valence electrons. The van der Waals surface area contributed by atoms with Crippen molar-refractivity contribution in [2.24, 2.45) is 0 Å². The molecule has 3 rings (SSSR count). The molecule has 1 aromatic carbocycles. The van der Waals surface area contributed by atoms with Gasteiger partial charge in [-0.15, -0.1) is 0 Å². The predicted octanol–water partition coefficient (Wildman–Crippen LogP) is 1.60. The topological polar surface area (TPSA) is 123 Å². The van der Waals surface area contributed by atoms with Gasteiger partial charge in [-0.2, -0.15) is 0 Å². The Hall–Kier alpha value is -2.67. The van der Waals surface area contributed by atoms with Crippen LogP contribution in [0.15, 0.2) is 27.4 Å². The lowest BCUT2D eigenvalue weighted by Crippen LogP contribution is -2.27. The van der Waals surface area contributed by atoms with E-state index in [9.17, 15) is 25.2 Å². The van der Waals surface area contributed by atoms with Crippen LogP contribution in [0.2, 0.25) is 0 Å². The van der Waals surface area contributed by atoms with E-state index in [-0.39, 0.29) is 17.2 Å². The molecule has 1 aliphatic heterocycles. The Morgan fingerprint density at radius 1 is 0.957 bits per heavy atom. The molecule has 1 saturated heterocycles. The van der Waals surface area contributed by atoms with Gasteiger partial charge in [-0.25, -0.2) is 0 Å². The summed E-state index contributed by atoms with van der Waals surface area (Å²) in [6, 6.07) is 3.21. The zero-order chi connectivity index (χ0) is 16.6. The minimum Gasteiger partial charge on any atom is -0.507 e. The monoisotopic (exact) mass is 319 g/mol. The van der Waals surface area contributed by atoms with Gasteiger partial charge >= 0.3 is 0 Å². The third-order valence-corrected chi connectivity index (χ3v) is 4.02. The molecule has 0 atom stereocenters. The summed E-state index contributed by atoms with van der Waals surface area (Å²) in [7, 11) is 0. The highest BCUT2D eigenvalue weighted by molar-refractivity contribution is 5.73. The summed E-state index contributed by atoms with van der Waals surface area (Å²) >= 11 is 0. The summed E-state index contributed by atoms with van der Waals surface area (Å²) < 4.78 is 5.66. The van der Waals surface area contributed by atoms with Gasteiger partial charge in [0.05, 0.1) is 5.56 Å². The normalized spacial score (nSPS) is 15.7. The molecule has 2 aromatic rings. The van der Waals surface area contributed by atoms with Crippen molar-refractivity contribution in [2.75, 3.05) is 13.1 Å². The molecule has 0 bridgehead atoms. The van der Waals surface area contributed by atoms with E-state index in [1.54, 1.807) is 0 Å². The number of aromatic hydroxyl groups is 4. The number of hydrogen-bond donors (Lipinski definition) is 5. The van der Waals surface area contributed by atoms with Crippen LogP contribution in [0, 0.1) is 0 Å². The summed E-state index contributed by atoms with van der Waals surface area (Å²) in [5, 5.41) is 42.1. The van der Waals surface area contributed by atoms with Gasteiger partial charge in [0.15, 0.2) is 17.3 Å². The smallest absolute Gasteiger partial charge is 0.227 e. The van der Waals surface area contributed by atoms with E-state index >= 15 is 0 Å². The largest absolute Gasteiger partial charge is 0.507 e. The molecule has 2 heterocycles. The first-order chi connectivity index (χ1) is 11.0. The van der Waals surface area contributed by atoms with Crippen molar-refractivity contribution >= 4 is 0 Å². The van der Waals surface area contributed by atoms with Gasteiger partial charge in [-0.05, 0) is 32.0 Å². The van der Waals surface area contributed by atoms with Crippen LogP contribution in [0.5, 0.6) is 23.0 Å². The van der Waals surface area contributed by atoms with E-state index in [0.29, 0.717) is 5.76 Å². The van der Waals surface area contributed by atoms with Crippen LogP contribution in [0.3, 0.4) is 0 Å². The summed E-state index contributed by atoms with van der Waals surface area (Å²) in [5.74, 6) is -1.83. The maximum atomic E-state index is 12.0. The van der Waals surface area contributed by atoms with Crippen LogP contribution in [0.25, 0.3) is 11.3 Å². The van der Waals surface area contributed by atoms with Crippen LogP contribution >= 0.6 is 0 Å². The fourth-order valence-corrected chi connectivity index (χ4v) is 2.74. The molecule has 1 aliphatic rings. The second-order valence-electron chi connectivity index (χ2n) is 5.57. The van der Waals surface area contributed by atoms with E-state index < -0.39 is 28.4 Å². The van der Waals surface area contributed by atoms with Crippen LogP contribution in [-0.4, -0.2) is 33.5 Å². The number of phenols is 3. The van der Waals surface area contributed by atoms with Gasteiger partial charge in [0.25, 0.3) is 0 Å². The fourth-order valence-electron chi connectivity index (χ4n) is 2.74. The minimum absolute atomic E-state index is 0.0381. The van der Waals surface area contributed by atoms with E-state index in [1.807, 2.05) is 0 Å². The summed E-state index contributed by atoms with van der Waals surface area (Å²) in [6.07, 6.45) is 1.58. The first kappa shape index (κ1) is 15.2. The van der Waals surface area contributed by atoms with E-state index in [4.69, 9.17) is 4.42 Å². The van der Waals surface area contributed by atoms with E-state index in [1.165, 1.54) is 6.07 Å². The van der Waals surface area contributed by atoms with Crippen molar-refractivity contribution in [1.29, 1.82) is 0 Å². The number of piperidine rings is 1. The highest BCUT2D eigenvalue weighted by Crippen LogP contribution is 2.41. The standard InChI is InChI=1S/C16H17NO6/c18-10-6-12(20)11(19)5-9(10)16-15(22)13(21)7-14(23-16)8-1-3-17-4-2-8/h5-8,17-20,22H,1-4H2. The van der Waals surface area contributed by atoms with Crippen molar-refractivity contribution in [3.63, 3.8) is 0 Å². The molecule has 0 spiro atoms. The Balaban J connectivity index is 2.13. The molecule has 0 aliphatic carbocycles. The highest BCUT2D eigenvalue weighted by atomic mass is 16.4. The molecule has 7 nitrogen and oxygen atoms in total. The number of nitrogens with one attached hydrogen (secondary N) is 1. The average molecular weight is 319 g/mol. The lowest BCUT2D eigenvalue weighted by atomic mass is 9.95. The molecule has 23 heavy (non-hydrogen) atoms. The predicted molar refractivity (Wildman–Crippen MR) is 81.9 cm³/mol. The molecule has 1 fully saturated rings. The van der Waals surface area contributed by atoms with E-state index in [0.717, 1.165) is 38.1 Å². The number of rotatable bonds is 2. The maximum absolute atomic E-state index is 12.0. The molecule has 5 N–H and O–H groups in total. The van der Waals surface area contributed by atoms with Gasteiger partial charge in [-0.3, -0.25) is 4.79 Å². The quantitative estimate of drug-likeness (QED) is 0.421. The van der Waals surface area contributed by atoms with Crippen LogP contribution in [0.1, 0.15) is 24.5 Å². The first-order valence-corrected chi connectivity index (χ1v) is 7.30. The number of hydrogen-bond acceptors (Lipinski definition) is 7. The molecule has 0 radical (unpaired) electrons. The molecular weight excluding hydrogens is 302 g/mol. The van der Waals surface area contributed by atoms with Crippen molar-refractivity contribution in [1.82, 2.24) is 5.32 Å². The number of phenolic OH excluding ortho intramolecular Hbond substituents is 3. The van der Waals surface area contributed by atoms with Crippen molar-refractivity contribution in [3.8, 4) is 34.3 Å². The Morgan fingerprint density at radius 2 is 1.61 bits per heavy atom. The Morgan fingerprint density at radius 3 is 2.30 bits per heavy atom. The fraction of sp³-hybridized carbons (Fsp3) is 0.312. The zero-order valence-electron chi connectivity index (χ0n) is 12.2. The second-order valence-corrected chi connectivity index (χ2v) is 5.57. The summed E-state index contributed by atoms with van der Waals surface area (Å²) in [6.45, 7) is 1.60. The number of benzene rings is 1. The molecule has 7 heteroatoms.